The Kier molecular flexibility index (Phi) is 1.85. The highest BCUT2D eigenvalue weighted by molar-refractivity contribution is 5.73. The minimum absolute atomic E-state index is 0.0185. The Labute approximate surface area is 89.5 Å². The van der Waals surface area contributed by atoms with Gasteiger partial charge in [0, 0.05) is 5.41 Å². The zero-order chi connectivity index (χ0) is 11.6. The quantitative estimate of drug-likeness (QED) is 0.562. The van der Waals surface area contributed by atoms with Gasteiger partial charge in [-0.3, -0.25) is 4.79 Å². The molecule has 4 nitrogen and oxygen atoms in total. The van der Waals surface area contributed by atoms with Gasteiger partial charge in [0.15, 0.2) is 0 Å². The van der Waals surface area contributed by atoms with E-state index < -0.39 is 23.0 Å². The third-order valence-electron chi connectivity index (χ3n) is 5.33. The summed E-state index contributed by atoms with van der Waals surface area (Å²) in [5.41, 5.74) is 3.61. The number of carboxylic acid groups (broad SMARTS) is 1. The van der Waals surface area contributed by atoms with E-state index in [1.807, 2.05) is 20.8 Å². The zero-order valence-corrected chi connectivity index (χ0v) is 9.45. The Bertz CT molecular complexity index is 324. The van der Waals surface area contributed by atoms with Gasteiger partial charge in [0.1, 0.15) is 11.6 Å². The van der Waals surface area contributed by atoms with Crippen LogP contribution in [0, 0.1) is 22.7 Å². The van der Waals surface area contributed by atoms with Crippen LogP contribution in [-0.2, 0) is 4.79 Å². The molecule has 0 aromatic heterocycles. The molecule has 2 bridgehead atoms. The molecule has 1 unspecified atom stereocenters. The van der Waals surface area contributed by atoms with Crippen molar-refractivity contribution in [2.24, 2.45) is 28.4 Å². The van der Waals surface area contributed by atoms with Crippen LogP contribution in [-0.4, -0.2) is 21.9 Å². The number of carbonyl (C=O) groups is 1. The van der Waals surface area contributed by atoms with E-state index >= 15 is 0 Å². The number of aliphatic carboxylic acids is 1. The van der Waals surface area contributed by atoms with Crippen molar-refractivity contribution in [1.29, 1.82) is 0 Å². The third kappa shape index (κ3) is 0.923. The molecule has 0 radical (unpaired) electrons. The van der Waals surface area contributed by atoms with Crippen molar-refractivity contribution < 1.29 is 15.0 Å². The van der Waals surface area contributed by atoms with Gasteiger partial charge in [0.05, 0.1) is 0 Å². The maximum atomic E-state index is 11.2. The number of aliphatic hydroxyl groups is 1. The number of rotatable bonds is 1. The molecule has 4 atom stereocenters. The first-order chi connectivity index (χ1) is 6.66. The van der Waals surface area contributed by atoms with Crippen molar-refractivity contribution in [2.75, 3.05) is 0 Å². The van der Waals surface area contributed by atoms with E-state index in [1.54, 1.807) is 0 Å². The molecule has 0 aliphatic heterocycles. The van der Waals surface area contributed by atoms with Crippen molar-refractivity contribution >= 4 is 5.97 Å². The smallest absolute Gasteiger partial charge is 0.311 e. The lowest BCUT2D eigenvalue weighted by atomic mass is 9.67. The topological polar surface area (TPSA) is 83.5 Å². The highest BCUT2D eigenvalue weighted by Crippen LogP contribution is 2.70. The Morgan fingerprint density at radius 1 is 1.40 bits per heavy atom. The van der Waals surface area contributed by atoms with Gasteiger partial charge in [-0.05, 0) is 24.2 Å². The predicted molar refractivity (Wildman–Crippen MR) is 54.9 cm³/mol. The molecule has 2 saturated carbocycles. The Hall–Kier alpha value is -0.610. The molecule has 0 aromatic carbocycles. The van der Waals surface area contributed by atoms with Crippen molar-refractivity contribution in [2.45, 2.75) is 39.3 Å². The first-order valence-electron chi connectivity index (χ1n) is 5.40. The van der Waals surface area contributed by atoms with Crippen LogP contribution >= 0.6 is 0 Å². The summed E-state index contributed by atoms with van der Waals surface area (Å²) < 4.78 is 0. The van der Waals surface area contributed by atoms with Gasteiger partial charge in [-0.2, -0.15) is 0 Å². The van der Waals surface area contributed by atoms with E-state index in [2.05, 4.69) is 0 Å². The Morgan fingerprint density at radius 3 is 2.20 bits per heavy atom. The van der Waals surface area contributed by atoms with Crippen LogP contribution < -0.4 is 5.73 Å². The van der Waals surface area contributed by atoms with Crippen molar-refractivity contribution in [3.63, 3.8) is 0 Å². The molecule has 2 aliphatic rings. The van der Waals surface area contributed by atoms with Crippen LogP contribution in [0.15, 0.2) is 0 Å². The second-order valence-corrected chi connectivity index (χ2v) is 5.84. The normalized spacial score (nSPS) is 52.1. The number of hydrogen-bond acceptors (Lipinski definition) is 3. The SMILES string of the molecule is CC1(C)[C@@H]2CC[C@@]1(C)[C@@](N)(O)C2C(=O)O. The minimum atomic E-state index is -1.58. The summed E-state index contributed by atoms with van der Waals surface area (Å²) in [7, 11) is 0. The summed E-state index contributed by atoms with van der Waals surface area (Å²) in [5.74, 6) is -1.82. The first-order valence-corrected chi connectivity index (χ1v) is 5.40. The molecule has 0 amide bonds. The van der Waals surface area contributed by atoms with Crippen LogP contribution in [0.1, 0.15) is 33.6 Å². The maximum absolute atomic E-state index is 11.2. The van der Waals surface area contributed by atoms with Crippen LogP contribution in [0.5, 0.6) is 0 Å². The molecule has 86 valence electrons. The molecule has 2 rings (SSSR count). The van der Waals surface area contributed by atoms with Crippen molar-refractivity contribution in [1.82, 2.24) is 0 Å². The first kappa shape index (κ1) is 10.9. The van der Waals surface area contributed by atoms with Crippen LogP contribution in [0.25, 0.3) is 0 Å². The second-order valence-electron chi connectivity index (χ2n) is 5.84. The third-order valence-corrected chi connectivity index (χ3v) is 5.33. The number of fused-ring (bicyclic) bond motifs is 2. The highest BCUT2D eigenvalue weighted by atomic mass is 16.4. The molecular formula is C11H19NO3. The number of nitrogens with two attached hydrogens (primary N) is 1. The Balaban J connectivity index is 2.55. The molecular weight excluding hydrogens is 194 g/mol. The van der Waals surface area contributed by atoms with Crippen LogP contribution in [0.2, 0.25) is 0 Å². The van der Waals surface area contributed by atoms with Crippen molar-refractivity contribution in [3.05, 3.63) is 0 Å². The standard InChI is InChI=1S/C11H19NO3/c1-9(2)6-4-5-10(9,3)11(12,15)7(6)8(13)14/h6-7,15H,4-5,12H2,1-3H3,(H,13,14)/t6-,7?,10-,11+/m1/s1. The summed E-state index contributed by atoms with van der Waals surface area (Å²) in [4.78, 5) is 11.2. The van der Waals surface area contributed by atoms with E-state index in [0.717, 1.165) is 12.8 Å². The molecule has 0 saturated heterocycles. The second kappa shape index (κ2) is 2.55. The predicted octanol–water partition coefficient (Wildman–Crippen LogP) is 0.791. The molecule has 4 heteroatoms. The average Bonchev–Trinajstić information content (AvgIpc) is 2.33. The number of carboxylic acids is 1. The van der Waals surface area contributed by atoms with E-state index in [-0.39, 0.29) is 11.3 Å². The minimum Gasteiger partial charge on any atom is -0.481 e. The molecule has 2 fully saturated rings. The molecule has 0 aromatic rings. The van der Waals surface area contributed by atoms with E-state index in [1.165, 1.54) is 0 Å². The summed E-state index contributed by atoms with van der Waals surface area (Å²) in [5, 5.41) is 19.5. The monoisotopic (exact) mass is 213 g/mol. The van der Waals surface area contributed by atoms with Gasteiger partial charge < -0.3 is 15.9 Å². The Morgan fingerprint density at radius 2 is 1.93 bits per heavy atom. The summed E-state index contributed by atoms with van der Waals surface area (Å²) in [6.45, 7) is 5.95. The van der Waals surface area contributed by atoms with Gasteiger partial charge in [0.25, 0.3) is 0 Å². The van der Waals surface area contributed by atoms with E-state index in [0.29, 0.717) is 0 Å². The maximum Gasteiger partial charge on any atom is 0.311 e. The van der Waals surface area contributed by atoms with Crippen LogP contribution in [0.3, 0.4) is 0 Å². The summed E-state index contributed by atoms with van der Waals surface area (Å²) >= 11 is 0. The molecule has 4 N–H and O–H groups in total. The summed E-state index contributed by atoms with van der Waals surface area (Å²) in [6, 6.07) is 0. The molecule has 2 aliphatic carbocycles. The van der Waals surface area contributed by atoms with Gasteiger partial charge in [-0.1, -0.05) is 20.8 Å². The van der Waals surface area contributed by atoms with Crippen molar-refractivity contribution in [3.8, 4) is 0 Å². The lowest BCUT2D eigenvalue weighted by Gasteiger charge is -2.43. The lowest BCUT2D eigenvalue weighted by Crippen LogP contribution is -2.59. The highest BCUT2D eigenvalue weighted by Gasteiger charge is 2.74. The number of hydrogen-bond donors (Lipinski definition) is 3. The fourth-order valence-corrected chi connectivity index (χ4v) is 3.85. The molecule has 15 heavy (non-hydrogen) atoms. The fourth-order valence-electron chi connectivity index (χ4n) is 3.85. The van der Waals surface area contributed by atoms with Gasteiger partial charge in [0.2, 0.25) is 0 Å². The fraction of sp³-hybridized carbons (Fsp3) is 0.909. The largest absolute Gasteiger partial charge is 0.481 e. The van der Waals surface area contributed by atoms with Gasteiger partial charge >= 0.3 is 5.97 Å². The zero-order valence-electron chi connectivity index (χ0n) is 9.45. The van der Waals surface area contributed by atoms with Gasteiger partial charge in [-0.15, -0.1) is 0 Å². The molecule has 0 heterocycles. The van der Waals surface area contributed by atoms with E-state index in [9.17, 15) is 15.0 Å². The summed E-state index contributed by atoms with van der Waals surface area (Å²) in [6.07, 6.45) is 1.65. The lowest BCUT2D eigenvalue weighted by molar-refractivity contribution is -0.164. The molecule has 0 spiro atoms. The van der Waals surface area contributed by atoms with Crippen LogP contribution in [0.4, 0.5) is 0 Å². The van der Waals surface area contributed by atoms with Gasteiger partial charge in [-0.25, -0.2) is 0 Å². The van der Waals surface area contributed by atoms with E-state index in [4.69, 9.17) is 5.73 Å². The average molecular weight is 213 g/mol.